The molecule has 0 atom stereocenters. The molecule has 4 N–H and O–H groups in total. The number of ketones is 1. The number of phenolic OH excluding ortho intramolecular Hbond substituents is 1. The largest absolute Gasteiger partial charge is 0.508 e. The van der Waals surface area contributed by atoms with Crippen LogP contribution in [0, 0.1) is 0 Å². The van der Waals surface area contributed by atoms with Crippen molar-refractivity contribution in [2.24, 2.45) is 5.73 Å². The second-order valence-electron chi connectivity index (χ2n) is 8.89. The van der Waals surface area contributed by atoms with Gasteiger partial charge < -0.3 is 20.6 Å². The predicted octanol–water partition coefficient (Wildman–Crippen LogP) is 5.28. The number of aryl methyl sites for hydroxylation is 2. The van der Waals surface area contributed by atoms with Gasteiger partial charge in [-0.2, -0.15) is 0 Å². The van der Waals surface area contributed by atoms with Gasteiger partial charge >= 0.3 is 0 Å². The van der Waals surface area contributed by atoms with E-state index >= 15 is 0 Å². The van der Waals surface area contributed by atoms with Crippen molar-refractivity contribution in [3.8, 4) is 22.6 Å². The van der Waals surface area contributed by atoms with E-state index in [1.54, 1.807) is 31.6 Å². The number of H-pyrrole nitrogens is 1. The van der Waals surface area contributed by atoms with E-state index < -0.39 is 0 Å². The SMILES string of the molecule is COc1c(CC(=O)c2ncc[nH]2)c(CCc2ccccc2)cc(-c2ccc(O)cc2)c1CCCCN. The van der Waals surface area contributed by atoms with Crippen molar-refractivity contribution in [1.29, 1.82) is 0 Å². The molecule has 6 nitrogen and oxygen atoms in total. The van der Waals surface area contributed by atoms with Crippen LogP contribution in [0.4, 0.5) is 0 Å². The Hall–Kier alpha value is -3.90. The van der Waals surface area contributed by atoms with E-state index in [1.807, 2.05) is 30.3 Å². The molecule has 0 radical (unpaired) electrons. The van der Waals surface area contributed by atoms with Crippen molar-refractivity contribution in [2.75, 3.05) is 13.7 Å². The Morgan fingerprint density at radius 1 is 1.00 bits per heavy atom. The van der Waals surface area contributed by atoms with Crippen LogP contribution in [0.15, 0.2) is 73.1 Å². The van der Waals surface area contributed by atoms with Crippen LogP contribution in [0.1, 0.15) is 45.7 Å². The molecule has 0 unspecified atom stereocenters. The van der Waals surface area contributed by atoms with Gasteiger partial charge in [0.2, 0.25) is 5.78 Å². The third-order valence-corrected chi connectivity index (χ3v) is 6.47. The van der Waals surface area contributed by atoms with Crippen molar-refractivity contribution in [3.63, 3.8) is 0 Å². The van der Waals surface area contributed by atoms with Crippen LogP contribution in [0.3, 0.4) is 0 Å². The van der Waals surface area contributed by atoms with Crippen LogP contribution in [-0.2, 0) is 25.7 Å². The molecule has 1 aromatic heterocycles. The molecule has 0 amide bonds. The monoisotopic (exact) mass is 483 g/mol. The molecule has 4 aromatic rings. The van der Waals surface area contributed by atoms with Crippen molar-refractivity contribution in [1.82, 2.24) is 9.97 Å². The number of nitrogens with zero attached hydrogens (tertiary/aromatic N) is 1. The molecule has 6 heteroatoms. The number of aromatic hydroxyl groups is 1. The number of imidazole rings is 1. The zero-order valence-corrected chi connectivity index (χ0v) is 20.7. The Kier molecular flexibility index (Phi) is 8.53. The van der Waals surface area contributed by atoms with Gasteiger partial charge in [-0.25, -0.2) is 4.98 Å². The van der Waals surface area contributed by atoms with Gasteiger partial charge in [-0.1, -0.05) is 48.5 Å². The van der Waals surface area contributed by atoms with E-state index in [-0.39, 0.29) is 18.0 Å². The summed E-state index contributed by atoms with van der Waals surface area (Å²) in [7, 11) is 1.67. The van der Waals surface area contributed by atoms with Gasteiger partial charge in [0.15, 0.2) is 5.82 Å². The molecular formula is C30H33N3O3. The lowest BCUT2D eigenvalue weighted by Crippen LogP contribution is -2.12. The summed E-state index contributed by atoms with van der Waals surface area (Å²) in [5.74, 6) is 1.24. The van der Waals surface area contributed by atoms with Crippen molar-refractivity contribution < 1.29 is 14.6 Å². The maximum atomic E-state index is 13.1. The average molecular weight is 484 g/mol. The molecule has 0 aliphatic heterocycles. The highest BCUT2D eigenvalue weighted by Crippen LogP contribution is 2.39. The van der Waals surface area contributed by atoms with Crippen LogP contribution in [0.25, 0.3) is 11.1 Å². The van der Waals surface area contributed by atoms with Crippen LogP contribution in [0.5, 0.6) is 11.5 Å². The molecule has 0 saturated heterocycles. The second kappa shape index (κ2) is 12.2. The van der Waals surface area contributed by atoms with E-state index in [1.165, 1.54) is 5.56 Å². The molecule has 1 heterocycles. The maximum absolute atomic E-state index is 13.1. The summed E-state index contributed by atoms with van der Waals surface area (Å²) in [5.41, 5.74) is 12.1. The number of methoxy groups -OCH3 is 1. The Bertz CT molecular complexity index is 1270. The first kappa shape index (κ1) is 25.2. The number of hydrogen-bond donors (Lipinski definition) is 3. The first-order valence-electron chi connectivity index (χ1n) is 12.4. The van der Waals surface area contributed by atoms with Crippen molar-refractivity contribution in [2.45, 2.75) is 38.5 Å². The number of Topliss-reactive ketones (excluding diaryl/α,β-unsaturated/α-hetero) is 1. The highest BCUT2D eigenvalue weighted by atomic mass is 16.5. The number of nitrogens with two attached hydrogens (primary N) is 1. The Morgan fingerprint density at radius 2 is 1.78 bits per heavy atom. The Labute approximate surface area is 212 Å². The number of carbonyl (C=O) groups excluding carboxylic acids is 1. The minimum Gasteiger partial charge on any atom is -0.508 e. The van der Waals surface area contributed by atoms with Gasteiger partial charge in [-0.05, 0) is 73.0 Å². The summed E-state index contributed by atoms with van der Waals surface area (Å²) in [4.78, 5) is 20.2. The zero-order chi connectivity index (χ0) is 25.3. The summed E-state index contributed by atoms with van der Waals surface area (Å²) < 4.78 is 6.04. The van der Waals surface area contributed by atoms with Crippen molar-refractivity contribution >= 4 is 5.78 Å². The third kappa shape index (κ3) is 6.01. The fourth-order valence-electron chi connectivity index (χ4n) is 4.64. The van der Waals surface area contributed by atoms with E-state index in [0.717, 1.165) is 65.7 Å². The first-order valence-corrected chi connectivity index (χ1v) is 12.4. The third-order valence-electron chi connectivity index (χ3n) is 6.47. The summed E-state index contributed by atoms with van der Waals surface area (Å²) in [5, 5.41) is 9.86. The molecule has 0 aliphatic rings. The standard InChI is InChI=1S/C30H33N3O3/c1-36-29-25(9-5-6-16-31)26(22-12-14-24(34)15-13-22)19-23(11-10-21-7-3-2-4-8-21)27(29)20-28(35)30-32-17-18-33-30/h2-4,7-8,12-15,17-19,34H,5-6,9-11,16,20,31H2,1H3,(H,32,33). The maximum Gasteiger partial charge on any atom is 0.202 e. The number of rotatable bonds is 12. The number of unbranched alkanes of at least 4 members (excludes halogenated alkanes) is 1. The molecule has 0 bridgehead atoms. The molecule has 0 spiro atoms. The lowest BCUT2D eigenvalue weighted by molar-refractivity contribution is 0.0983. The van der Waals surface area contributed by atoms with Crippen LogP contribution in [-0.4, -0.2) is 34.5 Å². The fourth-order valence-corrected chi connectivity index (χ4v) is 4.64. The van der Waals surface area contributed by atoms with Crippen molar-refractivity contribution in [3.05, 3.63) is 101 Å². The van der Waals surface area contributed by atoms with Crippen LogP contribution < -0.4 is 10.5 Å². The number of aromatic nitrogens is 2. The average Bonchev–Trinajstić information content (AvgIpc) is 3.45. The smallest absolute Gasteiger partial charge is 0.202 e. The van der Waals surface area contributed by atoms with E-state index in [9.17, 15) is 9.90 Å². The predicted molar refractivity (Wildman–Crippen MR) is 143 cm³/mol. The summed E-state index contributed by atoms with van der Waals surface area (Å²) in [6.45, 7) is 0.621. The number of carbonyl (C=O) groups is 1. The Balaban J connectivity index is 1.83. The fraction of sp³-hybridized carbons (Fsp3) is 0.267. The lowest BCUT2D eigenvalue weighted by Gasteiger charge is -2.22. The van der Waals surface area contributed by atoms with E-state index in [4.69, 9.17) is 10.5 Å². The van der Waals surface area contributed by atoms with Gasteiger partial charge in [0, 0.05) is 29.9 Å². The molecule has 36 heavy (non-hydrogen) atoms. The Morgan fingerprint density at radius 3 is 2.44 bits per heavy atom. The van der Waals surface area contributed by atoms with Gasteiger partial charge in [-0.3, -0.25) is 4.79 Å². The lowest BCUT2D eigenvalue weighted by atomic mass is 9.86. The molecule has 4 rings (SSSR count). The number of hydrogen-bond acceptors (Lipinski definition) is 5. The van der Waals surface area contributed by atoms with Gasteiger partial charge in [0.05, 0.1) is 7.11 Å². The first-order chi connectivity index (χ1) is 17.6. The molecule has 3 aromatic carbocycles. The number of benzene rings is 3. The van der Waals surface area contributed by atoms with Crippen LogP contribution >= 0.6 is 0 Å². The molecule has 0 saturated carbocycles. The van der Waals surface area contributed by atoms with Gasteiger partial charge in [0.1, 0.15) is 11.5 Å². The topological polar surface area (TPSA) is 101 Å². The minimum atomic E-state index is -0.0791. The number of phenols is 1. The quantitative estimate of drug-likeness (QED) is 0.188. The minimum absolute atomic E-state index is 0.0791. The normalized spacial score (nSPS) is 10.9. The van der Waals surface area contributed by atoms with E-state index in [0.29, 0.717) is 12.4 Å². The highest BCUT2D eigenvalue weighted by molar-refractivity contribution is 5.95. The van der Waals surface area contributed by atoms with Gasteiger partial charge in [-0.15, -0.1) is 0 Å². The second-order valence-corrected chi connectivity index (χ2v) is 8.89. The number of aromatic amines is 1. The van der Waals surface area contributed by atoms with Gasteiger partial charge in [0.25, 0.3) is 0 Å². The number of nitrogens with one attached hydrogen (secondary N) is 1. The summed E-state index contributed by atoms with van der Waals surface area (Å²) >= 11 is 0. The van der Waals surface area contributed by atoms with E-state index in [2.05, 4.69) is 28.2 Å². The number of ether oxygens (including phenoxy) is 1. The molecular weight excluding hydrogens is 450 g/mol. The summed E-state index contributed by atoms with van der Waals surface area (Å²) in [6.07, 6.45) is 7.63. The molecule has 186 valence electrons. The van der Waals surface area contributed by atoms with Crippen LogP contribution in [0.2, 0.25) is 0 Å². The zero-order valence-electron chi connectivity index (χ0n) is 20.7. The highest BCUT2D eigenvalue weighted by Gasteiger charge is 2.23. The molecule has 0 fully saturated rings. The summed E-state index contributed by atoms with van der Waals surface area (Å²) in [6, 6.07) is 19.8. The molecule has 0 aliphatic carbocycles.